The van der Waals surface area contributed by atoms with Gasteiger partial charge in [0.1, 0.15) is 5.41 Å². The number of hydrogen-bond acceptors (Lipinski definition) is 4. The Hall–Kier alpha value is -3.02. The molecule has 3 rings (SSSR count). The van der Waals surface area contributed by atoms with Crippen molar-refractivity contribution in [1.29, 1.82) is 0 Å². The number of amides is 2. The van der Waals surface area contributed by atoms with Crippen LogP contribution in [-0.2, 0) is 9.59 Å². The number of carbonyl (C=O) groups excluding carboxylic acids is 2. The second-order valence-electron chi connectivity index (χ2n) is 6.53. The standard InChI is InChI=1S/C20H22N2O4/c1-4-22(15-8-6-5-7-9-15)19(24)20(2,3)18(23)21-14-10-11-16-17(12-14)26-13-25-16/h5-12H,4,13H2,1-3H3,(H,21,23). The molecule has 2 aromatic carbocycles. The van der Waals surface area contributed by atoms with Crippen LogP contribution in [0.2, 0.25) is 0 Å². The minimum atomic E-state index is -1.23. The van der Waals surface area contributed by atoms with Gasteiger partial charge in [-0.05, 0) is 45.0 Å². The Labute approximate surface area is 152 Å². The second-order valence-corrected chi connectivity index (χ2v) is 6.53. The van der Waals surface area contributed by atoms with Crippen LogP contribution in [0.3, 0.4) is 0 Å². The van der Waals surface area contributed by atoms with Crippen molar-refractivity contribution in [2.45, 2.75) is 20.8 Å². The third-order valence-corrected chi connectivity index (χ3v) is 4.36. The number of anilines is 2. The van der Waals surface area contributed by atoms with Gasteiger partial charge in [0.05, 0.1) is 0 Å². The van der Waals surface area contributed by atoms with Crippen molar-refractivity contribution < 1.29 is 19.1 Å². The molecule has 136 valence electrons. The van der Waals surface area contributed by atoms with Crippen LogP contribution in [0.1, 0.15) is 20.8 Å². The SMILES string of the molecule is CCN(C(=O)C(C)(C)C(=O)Nc1ccc2c(c1)OCO2)c1ccccc1. The van der Waals surface area contributed by atoms with E-state index in [-0.39, 0.29) is 18.6 Å². The fourth-order valence-electron chi connectivity index (χ4n) is 2.75. The van der Waals surface area contributed by atoms with Crippen LogP contribution < -0.4 is 19.7 Å². The summed E-state index contributed by atoms with van der Waals surface area (Å²) in [7, 11) is 0. The maximum absolute atomic E-state index is 13.0. The van der Waals surface area contributed by atoms with Gasteiger partial charge in [0.15, 0.2) is 11.5 Å². The van der Waals surface area contributed by atoms with E-state index in [2.05, 4.69) is 5.32 Å². The monoisotopic (exact) mass is 354 g/mol. The lowest BCUT2D eigenvalue weighted by molar-refractivity contribution is -0.136. The van der Waals surface area contributed by atoms with Gasteiger partial charge in [0, 0.05) is 24.0 Å². The van der Waals surface area contributed by atoms with Crippen LogP contribution in [0.4, 0.5) is 11.4 Å². The van der Waals surface area contributed by atoms with E-state index in [1.165, 1.54) is 0 Å². The van der Waals surface area contributed by atoms with Crippen molar-refractivity contribution >= 4 is 23.2 Å². The summed E-state index contributed by atoms with van der Waals surface area (Å²) in [6.07, 6.45) is 0. The second kappa shape index (κ2) is 7.07. The summed E-state index contributed by atoms with van der Waals surface area (Å²) in [5.41, 5.74) is 0.0919. The zero-order valence-electron chi connectivity index (χ0n) is 15.1. The first-order chi connectivity index (χ1) is 12.4. The predicted molar refractivity (Wildman–Crippen MR) is 99.4 cm³/mol. The van der Waals surface area contributed by atoms with Gasteiger partial charge >= 0.3 is 0 Å². The highest BCUT2D eigenvalue weighted by molar-refractivity contribution is 6.14. The zero-order chi connectivity index (χ0) is 18.7. The van der Waals surface area contributed by atoms with Crippen molar-refractivity contribution in [2.75, 3.05) is 23.6 Å². The van der Waals surface area contributed by atoms with Gasteiger partial charge in [-0.1, -0.05) is 18.2 Å². The molecule has 0 unspecified atom stereocenters. The molecule has 0 saturated heterocycles. The summed E-state index contributed by atoms with van der Waals surface area (Å²) in [5.74, 6) is 0.575. The third kappa shape index (κ3) is 3.35. The van der Waals surface area contributed by atoms with E-state index in [0.29, 0.717) is 23.7 Å². The average Bonchev–Trinajstić information content (AvgIpc) is 3.11. The summed E-state index contributed by atoms with van der Waals surface area (Å²) < 4.78 is 10.6. The van der Waals surface area contributed by atoms with Gasteiger partial charge in [-0.2, -0.15) is 0 Å². The molecular formula is C20H22N2O4. The Bertz CT molecular complexity index is 818. The summed E-state index contributed by atoms with van der Waals surface area (Å²) in [5, 5.41) is 2.80. The highest BCUT2D eigenvalue weighted by Crippen LogP contribution is 2.35. The fourth-order valence-corrected chi connectivity index (χ4v) is 2.75. The molecule has 2 amide bonds. The smallest absolute Gasteiger partial charge is 0.242 e. The normalized spacial score (nSPS) is 12.6. The van der Waals surface area contributed by atoms with Gasteiger partial charge in [-0.3, -0.25) is 9.59 Å². The van der Waals surface area contributed by atoms with Crippen molar-refractivity contribution in [1.82, 2.24) is 0 Å². The molecule has 0 fully saturated rings. The molecule has 1 aliphatic rings. The van der Waals surface area contributed by atoms with Crippen LogP contribution in [0, 0.1) is 5.41 Å². The summed E-state index contributed by atoms with van der Waals surface area (Å²) >= 11 is 0. The molecule has 1 aliphatic heterocycles. The van der Waals surface area contributed by atoms with Gasteiger partial charge in [0.25, 0.3) is 0 Å². The Morgan fingerprint density at radius 1 is 1.08 bits per heavy atom. The predicted octanol–water partition coefficient (Wildman–Crippen LogP) is 3.43. The van der Waals surface area contributed by atoms with Gasteiger partial charge in [-0.15, -0.1) is 0 Å². The Balaban J connectivity index is 1.77. The third-order valence-electron chi connectivity index (χ3n) is 4.36. The largest absolute Gasteiger partial charge is 0.454 e. The van der Waals surface area contributed by atoms with E-state index >= 15 is 0 Å². The Kier molecular flexibility index (Phi) is 4.84. The van der Waals surface area contributed by atoms with Crippen molar-refractivity contribution in [2.24, 2.45) is 5.41 Å². The molecule has 0 spiro atoms. The van der Waals surface area contributed by atoms with Crippen molar-refractivity contribution in [3.63, 3.8) is 0 Å². The maximum atomic E-state index is 13.0. The van der Waals surface area contributed by atoms with Gasteiger partial charge in [0.2, 0.25) is 18.6 Å². The maximum Gasteiger partial charge on any atom is 0.242 e. The van der Waals surface area contributed by atoms with E-state index in [0.717, 1.165) is 5.69 Å². The molecule has 1 heterocycles. The lowest BCUT2D eigenvalue weighted by Gasteiger charge is -2.30. The van der Waals surface area contributed by atoms with E-state index in [1.807, 2.05) is 37.3 Å². The number of rotatable bonds is 5. The highest BCUT2D eigenvalue weighted by Gasteiger charge is 2.39. The molecule has 26 heavy (non-hydrogen) atoms. The van der Waals surface area contributed by atoms with Crippen LogP contribution in [0.5, 0.6) is 11.5 Å². The molecule has 1 N–H and O–H groups in total. The molecular weight excluding hydrogens is 332 g/mol. The van der Waals surface area contributed by atoms with Crippen LogP contribution in [0.25, 0.3) is 0 Å². The molecule has 0 radical (unpaired) electrons. The fraction of sp³-hybridized carbons (Fsp3) is 0.300. The summed E-state index contributed by atoms with van der Waals surface area (Å²) in [6, 6.07) is 14.5. The zero-order valence-corrected chi connectivity index (χ0v) is 15.1. The number of hydrogen-bond donors (Lipinski definition) is 1. The number of benzene rings is 2. The first-order valence-corrected chi connectivity index (χ1v) is 8.51. The first-order valence-electron chi connectivity index (χ1n) is 8.51. The molecule has 6 heteroatoms. The van der Waals surface area contributed by atoms with Crippen LogP contribution >= 0.6 is 0 Å². The van der Waals surface area contributed by atoms with Crippen molar-refractivity contribution in [3.05, 3.63) is 48.5 Å². The molecule has 0 saturated carbocycles. The van der Waals surface area contributed by atoms with E-state index in [1.54, 1.807) is 36.9 Å². The van der Waals surface area contributed by atoms with E-state index < -0.39 is 5.41 Å². The van der Waals surface area contributed by atoms with Crippen molar-refractivity contribution in [3.8, 4) is 11.5 Å². The van der Waals surface area contributed by atoms with E-state index in [9.17, 15) is 9.59 Å². The van der Waals surface area contributed by atoms with Gasteiger partial charge < -0.3 is 19.7 Å². The molecule has 0 atom stereocenters. The number of carbonyl (C=O) groups is 2. The van der Waals surface area contributed by atoms with Gasteiger partial charge in [-0.25, -0.2) is 0 Å². The summed E-state index contributed by atoms with van der Waals surface area (Å²) in [6.45, 7) is 5.78. The Morgan fingerprint density at radius 3 is 2.46 bits per heavy atom. The Morgan fingerprint density at radius 2 is 1.77 bits per heavy atom. The minimum Gasteiger partial charge on any atom is -0.454 e. The molecule has 6 nitrogen and oxygen atoms in total. The molecule has 2 aromatic rings. The average molecular weight is 354 g/mol. The number of nitrogens with zero attached hydrogens (tertiary/aromatic N) is 1. The first kappa shape index (κ1) is 17.8. The lowest BCUT2D eigenvalue weighted by atomic mass is 9.89. The topological polar surface area (TPSA) is 67.9 Å². The van der Waals surface area contributed by atoms with Crippen LogP contribution in [-0.4, -0.2) is 25.2 Å². The number of nitrogens with one attached hydrogen (secondary N) is 1. The number of ether oxygens (including phenoxy) is 2. The minimum absolute atomic E-state index is 0.166. The number of fused-ring (bicyclic) bond motifs is 1. The molecule has 0 bridgehead atoms. The number of para-hydroxylation sites is 1. The van der Waals surface area contributed by atoms with E-state index in [4.69, 9.17) is 9.47 Å². The lowest BCUT2D eigenvalue weighted by Crippen LogP contribution is -2.47. The van der Waals surface area contributed by atoms with Crippen LogP contribution in [0.15, 0.2) is 48.5 Å². The highest BCUT2D eigenvalue weighted by atomic mass is 16.7. The molecule has 0 aromatic heterocycles. The quantitative estimate of drug-likeness (QED) is 0.835. The molecule has 0 aliphatic carbocycles. The summed E-state index contributed by atoms with van der Waals surface area (Å²) in [4.78, 5) is 27.4.